The van der Waals surface area contributed by atoms with E-state index < -0.39 is 11.5 Å². The fraction of sp³-hybridized carbons (Fsp3) is 0.606. The first-order valence-electron chi connectivity index (χ1n) is 15.4. The highest BCUT2D eigenvalue weighted by Gasteiger charge is 2.51. The van der Waals surface area contributed by atoms with Crippen molar-refractivity contribution in [1.29, 1.82) is 0 Å². The SMILES string of the molecule is CCOc1cc([C@@H](C)N(CCO[C@@H](C)c2ccccc2)CNC2(C(=O)O)CC(OCC)C2)c(Cl)c(OCC)c1C1CC1. The molecular weight excluding hydrogens is 556 g/mol. The lowest BCUT2D eigenvalue weighted by atomic mass is 9.74. The summed E-state index contributed by atoms with van der Waals surface area (Å²) in [5, 5.41) is 14.1. The van der Waals surface area contributed by atoms with Crippen LogP contribution in [0, 0.1) is 0 Å². The van der Waals surface area contributed by atoms with Crippen LogP contribution in [0.15, 0.2) is 36.4 Å². The summed E-state index contributed by atoms with van der Waals surface area (Å²) in [6.07, 6.45) is 2.93. The summed E-state index contributed by atoms with van der Waals surface area (Å²) in [5.74, 6) is 1.06. The van der Waals surface area contributed by atoms with Crippen molar-refractivity contribution in [1.82, 2.24) is 10.2 Å². The van der Waals surface area contributed by atoms with E-state index in [0.717, 1.165) is 35.3 Å². The van der Waals surface area contributed by atoms with Crippen LogP contribution < -0.4 is 14.8 Å². The number of nitrogens with zero attached hydrogens (tertiary/aromatic N) is 1. The number of carboxylic acids is 1. The Hall–Kier alpha value is -2.36. The lowest BCUT2D eigenvalue weighted by Crippen LogP contribution is -2.65. The molecule has 2 fully saturated rings. The highest BCUT2D eigenvalue weighted by molar-refractivity contribution is 6.33. The summed E-state index contributed by atoms with van der Waals surface area (Å²) in [6.45, 7) is 13.0. The van der Waals surface area contributed by atoms with Gasteiger partial charge >= 0.3 is 5.97 Å². The number of ether oxygens (including phenoxy) is 4. The summed E-state index contributed by atoms with van der Waals surface area (Å²) in [6, 6.07) is 12.0. The topological polar surface area (TPSA) is 89.5 Å². The minimum absolute atomic E-state index is 0.0496. The lowest BCUT2D eigenvalue weighted by Gasteiger charge is -2.46. The highest BCUT2D eigenvalue weighted by Crippen LogP contribution is 2.53. The predicted molar refractivity (Wildman–Crippen MR) is 165 cm³/mol. The quantitative estimate of drug-likeness (QED) is 0.182. The van der Waals surface area contributed by atoms with Crippen molar-refractivity contribution in [2.75, 3.05) is 39.6 Å². The number of carboxylic acid groups (broad SMARTS) is 1. The van der Waals surface area contributed by atoms with Crippen LogP contribution in [-0.2, 0) is 14.3 Å². The first kappa shape index (κ1) is 32.6. The van der Waals surface area contributed by atoms with Gasteiger partial charge in [-0.05, 0) is 70.6 Å². The summed E-state index contributed by atoms with van der Waals surface area (Å²) >= 11 is 7.10. The Kier molecular flexibility index (Phi) is 11.5. The van der Waals surface area contributed by atoms with E-state index in [9.17, 15) is 9.90 Å². The molecule has 2 aromatic rings. The molecule has 2 aromatic carbocycles. The molecule has 42 heavy (non-hydrogen) atoms. The molecule has 2 aliphatic rings. The van der Waals surface area contributed by atoms with Crippen LogP contribution in [0.5, 0.6) is 11.5 Å². The van der Waals surface area contributed by atoms with E-state index in [-0.39, 0.29) is 18.2 Å². The molecule has 8 nitrogen and oxygen atoms in total. The van der Waals surface area contributed by atoms with Gasteiger partial charge in [0.15, 0.2) is 0 Å². The molecule has 0 aromatic heterocycles. The monoisotopic (exact) mass is 602 g/mol. The summed E-state index contributed by atoms with van der Waals surface area (Å²) in [5.41, 5.74) is 2.03. The van der Waals surface area contributed by atoms with Crippen LogP contribution in [-0.4, -0.2) is 67.3 Å². The molecule has 4 rings (SSSR count). The van der Waals surface area contributed by atoms with Gasteiger partial charge in [0.2, 0.25) is 0 Å². The minimum Gasteiger partial charge on any atom is -0.493 e. The molecule has 0 radical (unpaired) electrons. The summed E-state index contributed by atoms with van der Waals surface area (Å²) < 4.78 is 24.2. The van der Waals surface area contributed by atoms with Gasteiger partial charge < -0.3 is 24.1 Å². The number of hydrogen-bond donors (Lipinski definition) is 2. The van der Waals surface area contributed by atoms with E-state index in [4.69, 9.17) is 30.5 Å². The Morgan fingerprint density at radius 3 is 2.38 bits per heavy atom. The van der Waals surface area contributed by atoms with E-state index in [0.29, 0.717) is 69.2 Å². The zero-order valence-corrected chi connectivity index (χ0v) is 26.4. The first-order valence-corrected chi connectivity index (χ1v) is 15.7. The van der Waals surface area contributed by atoms with E-state index in [2.05, 4.69) is 35.3 Å². The highest BCUT2D eigenvalue weighted by atomic mass is 35.5. The van der Waals surface area contributed by atoms with Crippen molar-refractivity contribution in [2.24, 2.45) is 0 Å². The van der Waals surface area contributed by atoms with Crippen LogP contribution in [0.3, 0.4) is 0 Å². The Morgan fingerprint density at radius 1 is 1.10 bits per heavy atom. The average Bonchev–Trinajstić information content (AvgIpc) is 3.80. The number of hydrogen-bond acceptors (Lipinski definition) is 7. The Balaban J connectivity index is 1.58. The second kappa shape index (κ2) is 14.9. The molecule has 0 amide bonds. The molecule has 2 N–H and O–H groups in total. The van der Waals surface area contributed by atoms with Gasteiger partial charge in [0.25, 0.3) is 0 Å². The number of nitrogens with one attached hydrogen (secondary N) is 1. The molecular formula is C33H47ClN2O6. The second-order valence-corrected chi connectivity index (χ2v) is 11.7. The van der Waals surface area contributed by atoms with Gasteiger partial charge in [-0.25, -0.2) is 0 Å². The van der Waals surface area contributed by atoms with Gasteiger partial charge in [-0.1, -0.05) is 41.9 Å². The van der Waals surface area contributed by atoms with Gasteiger partial charge in [0, 0.05) is 44.3 Å². The molecule has 2 atom stereocenters. The normalized spacial score (nSPS) is 21.5. The third kappa shape index (κ3) is 7.58. The van der Waals surface area contributed by atoms with Crippen LogP contribution >= 0.6 is 11.6 Å². The van der Waals surface area contributed by atoms with Gasteiger partial charge in [-0.3, -0.25) is 15.0 Å². The number of aliphatic carboxylic acids is 1. The average molecular weight is 603 g/mol. The van der Waals surface area contributed by atoms with Gasteiger partial charge in [-0.15, -0.1) is 0 Å². The minimum atomic E-state index is -1.03. The van der Waals surface area contributed by atoms with Gasteiger partial charge in [0.1, 0.15) is 17.0 Å². The van der Waals surface area contributed by atoms with Crippen LogP contribution in [0.1, 0.15) is 95.1 Å². The number of benzene rings is 2. The predicted octanol–water partition coefficient (Wildman–Crippen LogP) is 6.73. The Labute approximate surface area is 255 Å². The van der Waals surface area contributed by atoms with Crippen LogP contribution in [0.4, 0.5) is 0 Å². The molecule has 0 heterocycles. The van der Waals surface area contributed by atoms with E-state index >= 15 is 0 Å². The fourth-order valence-corrected chi connectivity index (χ4v) is 6.13. The molecule has 0 spiro atoms. The number of halogens is 1. The maximum Gasteiger partial charge on any atom is 0.324 e. The Morgan fingerprint density at radius 2 is 1.79 bits per heavy atom. The van der Waals surface area contributed by atoms with Gasteiger partial charge in [0.05, 0.1) is 37.1 Å². The molecule has 0 unspecified atom stereocenters. The molecule has 9 heteroatoms. The van der Waals surface area contributed by atoms with E-state index in [1.54, 1.807) is 0 Å². The van der Waals surface area contributed by atoms with Crippen molar-refractivity contribution >= 4 is 17.6 Å². The molecule has 0 aliphatic heterocycles. The summed E-state index contributed by atoms with van der Waals surface area (Å²) in [7, 11) is 0. The molecule has 2 saturated carbocycles. The van der Waals surface area contributed by atoms with Gasteiger partial charge in [-0.2, -0.15) is 0 Å². The number of carbonyl (C=O) groups is 1. The van der Waals surface area contributed by atoms with Crippen LogP contribution in [0.25, 0.3) is 0 Å². The largest absolute Gasteiger partial charge is 0.493 e. The standard InChI is InChI=1S/C33H47ClN2O6/c1-6-39-26-19-33(20-26,32(37)38)35-21-36(16-17-42-23(5)24-12-10-9-11-13-24)22(4)27-18-28(40-7-2)29(25-14-15-25)31(30(27)34)41-8-3/h9-13,18,22-23,25-26,35H,6-8,14-17,19-21H2,1-5H3,(H,37,38)/t22-,23+,26?,33?/m1/s1. The maximum absolute atomic E-state index is 12.3. The van der Waals surface area contributed by atoms with Crippen molar-refractivity contribution < 1.29 is 28.8 Å². The maximum atomic E-state index is 12.3. The zero-order valence-electron chi connectivity index (χ0n) is 25.7. The van der Waals surface area contributed by atoms with Crippen molar-refractivity contribution in [3.63, 3.8) is 0 Å². The molecule has 2 aliphatic carbocycles. The smallest absolute Gasteiger partial charge is 0.324 e. The summed E-state index contributed by atoms with van der Waals surface area (Å²) in [4.78, 5) is 14.5. The first-order chi connectivity index (χ1) is 20.2. The second-order valence-electron chi connectivity index (χ2n) is 11.3. The van der Waals surface area contributed by atoms with E-state index in [1.807, 2.05) is 45.9 Å². The molecule has 232 valence electrons. The third-order valence-electron chi connectivity index (χ3n) is 8.42. The zero-order chi connectivity index (χ0) is 30.3. The number of rotatable bonds is 18. The van der Waals surface area contributed by atoms with Crippen molar-refractivity contribution in [3.05, 3.63) is 58.1 Å². The Bertz CT molecular complexity index is 1170. The van der Waals surface area contributed by atoms with E-state index in [1.165, 1.54) is 0 Å². The van der Waals surface area contributed by atoms with Crippen LogP contribution in [0.2, 0.25) is 5.02 Å². The van der Waals surface area contributed by atoms with Crippen molar-refractivity contribution in [2.45, 2.75) is 90.0 Å². The van der Waals surface area contributed by atoms with Crippen molar-refractivity contribution in [3.8, 4) is 11.5 Å². The molecule has 0 bridgehead atoms. The lowest BCUT2D eigenvalue weighted by molar-refractivity contribution is -0.158. The molecule has 0 saturated heterocycles. The third-order valence-corrected chi connectivity index (χ3v) is 8.81. The fourth-order valence-electron chi connectivity index (χ4n) is 5.76.